The van der Waals surface area contributed by atoms with E-state index in [0.29, 0.717) is 0 Å². The Kier molecular flexibility index (Phi) is 11.0. The Morgan fingerprint density at radius 2 is 1.23 bits per heavy atom. The number of nitrogens with one attached hydrogen (secondary N) is 2. The molecule has 3 saturated heterocycles. The molecule has 0 bridgehead atoms. The lowest BCUT2D eigenvalue weighted by atomic mass is 9.94. The van der Waals surface area contributed by atoms with Crippen molar-refractivity contribution in [2.24, 2.45) is 0 Å². The van der Waals surface area contributed by atoms with E-state index in [2.05, 4.69) is 10.6 Å². The molecule has 17 heteroatoms. The summed E-state index contributed by atoms with van der Waals surface area (Å²) in [5.41, 5.74) is 0. The highest BCUT2D eigenvalue weighted by molar-refractivity contribution is 5.73. The van der Waals surface area contributed by atoms with Crippen molar-refractivity contribution >= 4 is 11.8 Å². The van der Waals surface area contributed by atoms with E-state index >= 15 is 0 Å². The van der Waals surface area contributed by atoms with Crippen LogP contribution in [-0.2, 0) is 33.3 Å². The molecule has 0 radical (unpaired) electrons. The summed E-state index contributed by atoms with van der Waals surface area (Å²) < 4.78 is 28.4. The third-order valence-corrected chi connectivity index (χ3v) is 6.86. The molecule has 17 nitrogen and oxygen atoms in total. The van der Waals surface area contributed by atoms with Crippen LogP contribution in [0.5, 0.6) is 0 Å². The minimum Gasteiger partial charge on any atom is -0.394 e. The molecule has 0 spiro atoms. The SMILES string of the molecule is CC(=O)NC1C(OC2C(CO)OC(O)C(NC(C)=O)C2OC2OC(C)C(O)C(O)C2O)OC(CO)C(O)C1O. The van der Waals surface area contributed by atoms with Crippen LogP contribution in [0.4, 0.5) is 0 Å². The van der Waals surface area contributed by atoms with E-state index < -0.39 is 117 Å². The third-order valence-electron chi connectivity index (χ3n) is 6.86. The summed E-state index contributed by atoms with van der Waals surface area (Å²) >= 11 is 0. The molecule has 3 fully saturated rings. The molecule has 15 unspecified atom stereocenters. The summed E-state index contributed by atoms with van der Waals surface area (Å²) in [5.74, 6) is -1.28. The first-order valence-electron chi connectivity index (χ1n) is 12.4. The van der Waals surface area contributed by atoms with Gasteiger partial charge in [-0.15, -0.1) is 0 Å². The van der Waals surface area contributed by atoms with Gasteiger partial charge in [0.15, 0.2) is 18.9 Å². The minimum absolute atomic E-state index is 0.635. The van der Waals surface area contributed by atoms with E-state index in [-0.39, 0.29) is 0 Å². The van der Waals surface area contributed by atoms with Gasteiger partial charge in [0.1, 0.15) is 67.0 Å². The van der Waals surface area contributed by atoms with E-state index in [0.717, 1.165) is 13.8 Å². The zero-order chi connectivity index (χ0) is 29.2. The highest BCUT2D eigenvalue weighted by Gasteiger charge is 2.54. The van der Waals surface area contributed by atoms with Gasteiger partial charge >= 0.3 is 0 Å². The van der Waals surface area contributed by atoms with Crippen LogP contribution in [0.15, 0.2) is 0 Å². The Hall–Kier alpha value is -1.58. The Morgan fingerprint density at radius 3 is 1.79 bits per heavy atom. The molecule has 3 heterocycles. The van der Waals surface area contributed by atoms with Gasteiger partial charge in [0.2, 0.25) is 11.8 Å². The molecule has 39 heavy (non-hydrogen) atoms. The van der Waals surface area contributed by atoms with E-state index in [4.69, 9.17) is 23.7 Å². The maximum absolute atomic E-state index is 12.0. The van der Waals surface area contributed by atoms with Crippen LogP contribution >= 0.6 is 0 Å². The second-order valence-corrected chi connectivity index (χ2v) is 9.79. The Balaban J connectivity index is 1.98. The highest BCUT2D eigenvalue weighted by Crippen LogP contribution is 2.33. The predicted octanol–water partition coefficient (Wildman–Crippen LogP) is -6.26. The highest BCUT2D eigenvalue weighted by atomic mass is 16.7. The van der Waals surface area contributed by atoms with Crippen LogP contribution in [0, 0.1) is 0 Å². The molecule has 15 atom stereocenters. The number of hydrogen-bond donors (Lipinski definition) is 10. The molecular weight excluding hydrogens is 532 g/mol. The van der Waals surface area contributed by atoms with Crippen LogP contribution in [0.3, 0.4) is 0 Å². The summed E-state index contributed by atoms with van der Waals surface area (Å²) in [6.45, 7) is 2.13. The summed E-state index contributed by atoms with van der Waals surface area (Å²) in [4.78, 5) is 23.8. The maximum atomic E-state index is 12.0. The van der Waals surface area contributed by atoms with Gasteiger partial charge in [-0.1, -0.05) is 0 Å². The molecule has 0 saturated carbocycles. The smallest absolute Gasteiger partial charge is 0.217 e. The van der Waals surface area contributed by atoms with Crippen molar-refractivity contribution < 1.29 is 74.1 Å². The molecule has 0 aromatic heterocycles. The second-order valence-electron chi connectivity index (χ2n) is 9.79. The van der Waals surface area contributed by atoms with Gasteiger partial charge in [-0.05, 0) is 6.92 Å². The molecule has 0 aliphatic carbocycles. The molecular formula is C22H38N2O15. The average molecular weight is 571 g/mol. The number of carbonyl (C=O) groups excluding carboxylic acids is 2. The lowest BCUT2D eigenvalue weighted by molar-refractivity contribution is -0.362. The topological polar surface area (TPSA) is 266 Å². The number of amides is 2. The largest absolute Gasteiger partial charge is 0.394 e. The quantitative estimate of drug-likeness (QED) is 0.130. The Labute approximate surface area is 223 Å². The fourth-order valence-corrected chi connectivity index (χ4v) is 4.80. The van der Waals surface area contributed by atoms with Gasteiger partial charge in [0.25, 0.3) is 0 Å². The van der Waals surface area contributed by atoms with Crippen LogP contribution in [0.2, 0.25) is 0 Å². The molecule has 0 aromatic rings. The minimum atomic E-state index is -1.80. The van der Waals surface area contributed by atoms with Gasteiger partial charge in [0.05, 0.1) is 19.3 Å². The monoisotopic (exact) mass is 570 g/mol. The fraction of sp³-hybridized carbons (Fsp3) is 0.909. The molecule has 2 amide bonds. The average Bonchev–Trinajstić information content (AvgIpc) is 2.88. The molecule has 3 aliphatic rings. The summed E-state index contributed by atoms with van der Waals surface area (Å²) in [6.07, 6.45) is -20.0. The number of hydrogen-bond acceptors (Lipinski definition) is 15. The van der Waals surface area contributed by atoms with Crippen molar-refractivity contribution in [1.82, 2.24) is 10.6 Å². The van der Waals surface area contributed by atoms with Crippen LogP contribution in [-0.4, -0.2) is 158 Å². The zero-order valence-corrected chi connectivity index (χ0v) is 21.5. The van der Waals surface area contributed by atoms with Gasteiger partial charge in [-0.25, -0.2) is 0 Å². The van der Waals surface area contributed by atoms with Gasteiger partial charge in [-0.3, -0.25) is 9.59 Å². The van der Waals surface area contributed by atoms with E-state index in [1.54, 1.807) is 0 Å². The molecule has 10 N–H and O–H groups in total. The van der Waals surface area contributed by atoms with Gasteiger partial charge in [0, 0.05) is 13.8 Å². The third kappa shape index (κ3) is 7.02. The van der Waals surface area contributed by atoms with Crippen molar-refractivity contribution in [3.8, 4) is 0 Å². The predicted molar refractivity (Wildman–Crippen MR) is 123 cm³/mol. The number of rotatable bonds is 8. The summed E-state index contributed by atoms with van der Waals surface area (Å²) in [7, 11) is 0. The molecule has 3 aliphatic heterocycles. The van der Waals surface area contributed by atoms with Crippen molar-refractivity contribution in [3.05, 3.63) is 0 Å². The molecule has 3 rings (SSSR count). The first kappa shape index (κ1) is 31.9. The van der Waals surface area contributed by atoms with Gasteiger partial charge < -0.3 is 75.2 Å². The van der Waals surface area contributed by atoms with Crippen molar-refractivity contribution in [2.75, 3.05) is 13.2 Å². The number of ether oxygens (including phenoxy) is 5. The van der Waals surface area contributed by atoms with E-state index in [1.165, 1.54) is 6.92 Å². The number of carbonyl (C=O) groups is 2. The van der Waals surface area contributed by atoms with Crippen LogP contribution in [0.25, 0.3) is 0 Å². The second kappa shape index (κ2) is 13.4. The maximum Gasteiger partial charge on any atom is 0.217 e. The number of aliphatic hydroxyl groups is 8. The van der Waals surface area contributed by atoms with Crippen molar-refractivity contribution in [1.29, 1.82) is 0 Å². The molecule has 0 aromatic carbocycles. The van der Waals surface area contributed by atoms with Crippen molar-refractivity contribution in [2.45, 2.75) is 113 Å². The van der Waals surface area contributed by atoms with Crippen LogP contribution in [0.1, 0.15) is 20.8 Å². The van der Waals surface area contributed by atoms with E-state index in [1.807, 2.05) is 0 Å². The fourth-order valence-electron chi connectivity index (χ4n) is 4.80. The first-order valence-corrected chi connectivity index (χ1v) is 12.4. The van der Waals surface area contributed by atoms with Crippen molar-refractivity contribution in [3.63, 3.8) is 0 Å². The lowest BCUT2D eigenvalue weighted by Gasteiger charge is -2.50. The lowest BCUT2D eigenvalue weighted by Crippen LogP contribution is -2.70. The zero-order valence-electron chi connectivity index (χ0n) is 21.5. The summed E-state index contributed by atoms with van der Waals surface area (Å²) in [5, 5.41) is 86.7. The van der Waals surface area contributed by atoms with Gasteiger partial charge in [-0.2, -0.15) is 0 Å². The summed E-state index contributed by atoms with van der Waals surface area (Å²) in [6, 6.07) is -2.82. The standard InChI is InChI=1S/C22H38N2O15/c1-6-13(29)16(32)17(33)22(35-6)39-19-12(24-8(3)28)20(34)36-10(5-26)18(19)38-21-11(23-7(2)27)15(31)14(30)9(4-25)37-21/h6,9-22,25-26,29-34H,4-5H2,1-3H3,(H,23,27)(H,24,28). The number of aliphatic hydroxyl groups excluding tert-OH is 8. The van der Waals surface area contributed by atoms with Crippen LogP contribution < -0.4 is 10.6 Å². The Morgan fingerprint density at radius 1 is 0.667 bits per heavy atom. The Bertz CT molecular complexity index is 837. The van der Waals surface area contributed by atoms with E-state index in [9.17, 15) is 50.4 Å². The normalized spacial score (nSPS) is 46.9. The molecule has 226 valence electrons. The first-order chi connectivity index (χ1) is 18.3.